The predicted octanol–water partition coefficient (Wildman–Crippen LogP) is 4.77. The van der Waals surface area contributed by atoms with Crippen molar-refractivity contribution in [2.45, 2.75) is 51.6 Å². The molecule has 1 aromatic heterocycles. The van der Waals surface area contributed by atoms with Crippen LogP contribution in [0.1, 0.15) is 50.2 Å². The molecule has 2 heterocycles. The maximum absolute atomic E-state index is 12.6. The number of rotatable bonds is 5. The van der Waals surface area contributed by atoms with Crippen molar-refractivity contribution < 1.29 is 9.53 Å². The summed E-state index contributed by atoms with van der Waals surface area (Å²) in [5.41, 5.74) is 2.35. The van der Waals surface area contributed by atoms with Crippen LogP contribution < -0.4 is 5.32 Å². The topological polar surface area (TPSA) is 51.2 Å². The zero-order valence-corrected chi connectivity index (χ0v) is 15.9. The number of nitrogens with one attached hydrogen (secondary N) is 1. The van der Waals surface area contributed by atoms with Crippen LogP contribution in [-0.2, 0) is 9.53 Å². The minimum Gasteiger partial charge on any atom is -0.376 e. The van der Waals surface area contributed by atoms with Crippen LogP contribution in [0.3, 0.4) is 0 Å². The molecule has 1 N–H and O–H groups in total. The molecule has 1 aromatic carbocycles. The number of carbonyl (C=O) groups excluding carboxylic acids is 1. The summed E-state index contributed by atoms with van der Waals surface area (Å²) < 4.78 is 5.88. The second kappa shape index (κ2) is 7.67. The Morgan fingerprint density at radius 2 is 2.16 bits per heavy atom. The molecule has 5 heteroatoms. The number of thiazole rings is 1. The van der Waals surface area contributed by atoms with Crippen molar-refractivity contribution >= 4 is 22.4 Å². The first-order valence-electron chi connectivity index (χ1n) is 8.83. The second-order valence-electron chi connectivity index (χ2n) is 7.47. The molecular weight excluding hydrogens is 332 g/mol. The highest BCUT2D eigenvalue weighted by atomic mass is 32.1. The van der Waals surface area contributed by atoms with Crippen molar-refractivity contribution in [2.75, 3.05) is 11.9 Å². The van der Waals surface area contributed by atoms with Gasteiger partial charge < -0.3 is 10.1 Å². The third kappa shape index (κ3) is 4.89. The maximum atomic E-state index is 12.6. The van der Waals surface area contributed by atoms with E-state index in [1.807, 2.05) is 5.38 Å². The minimum atomic E-state index is -0.127. The van der Waals surface area contributed by atoms with Gasteiger partial charge in [0.2, 0.25) is 5.91 Å². The Hall–Kier alpha value is -1.72. The quantitative estimate of drug-likeness (QED) is 0.837. The highest BCUT2D eigenvalue weighted by Crippen LogP contribution is 2.40. The normalized spacial score (nSPS) is 20.8. The number of carbonyl (C=O) groups is 1. The summed E-state index contributed by atoms with van der Waals surface area (Å²) in [7, 11) is 0. The molecule has 0 bridgehead atoms. The number of amides is 1. The summed E-state index contributed by atoms with van der Waals surface area (Å²) in [6, 6.07) is 8.59. The van der Waals surface area contributed by atoms with Crippen LogP contribution in [0.15, 0.2) is 35.8 Å². The van der Waals surface area contributed by atoms with E-state index < -0.39 is 0 Å². The van der Waals surface area contributed by atoms with Gasteiger partial charge in [0.15, 0.2) is 5.13 Å². The fraction of sp³-hybridized carbons (Fsp3) is 0.500. The summed E-state index contributed by atoms with van der Waals surface area (Å²) >= 11 is 1.45. The Labute approximate surface area is 153 Å². The average molecular weight is 359 g/mol. The molecule has 0 aliphatic carbocycles. The molecule has 2 atom stereocenters. The third-order valence-electron chi connectivity index (χ3n) is 4.89. The lowest BCUT2D eigenvalue weighted by molar-refractivity contribution is -0.118. The molecule has 0 spiro atoms. The van der Waals surface area contributed by atoms with Crippen molar-refractivity contribution in [3.05, 3.63) is 47.0 Å². The summed E-state index contributed by atoms with van der Waals surface area (Å²) in [5.74, 6) is 0.669. The number of nitrogens with zero attached hydrogens (tertiary/aromatic N) is 1. The van der Waals surface area contributed by atoms with Crippen molar-refractivity contribution in [1.29, 1.82) is 0 Å². The van der Waals surface area contributed by atoms with Crippen LogP contribution in [0, 0.1) is 12.8 Å². The highest BCUT2D eigenvalue weighted by molar-refractivity contribution is 7.13. The zero-order valence-electron chi connectivity index (χ0n) is 15.1. The molecule has 134 valence electrons. The number of aromatic nitrogens is 1. The third-order valence-corrected chi connectivity index (χ3v) is 5.58. The maximum Gasteiger partial charge on any atom is 0.226 e. The van der Waals surface area contributed by atoms with Gasteiger partial charge in [-0.1, -0.05) is 29.8 Å². The van der Waals surface area contributed by atoms with E-state index >= 15 is 0 Å². The molecule has 0 radical (unpaired) electrons. The number of ether oxygens (including phenoxy) is 1. The van der Waals surface area contributed by atoms with Crippen LogP contribution in [0.5, 0.6) is 0 Å². The first-order valence-corrected chi connectivity index (χ1v) is 9.71. The predicted molar refractivity (Wildman–Crippen MR) is 102 cm³/mol. The lowest BCUT2D eigenvalue weighted by Crippen LogP contribution is -2.37. The molecule has 1 saturated heterocycles. The Balaban J connectivity index is 1.78. The van der Waals surface area contributed by atoms with Crippen molar-refractivity contribution in [3.63, 3.8) is 0 Å². The van der Waals surface area contributed by atoms with E-state index in [2.05, 4.69) is 55.3 Å². The molecule has 1 aliphatic heterocycles. The first-order chi connectivity index (χ1) is 11.9. The Kier molecular flexibility index (Phi) is 5.54. The van der Waals surface area contributed by atoms with Crippen LogP contribution in [0.4, 0.5) is 5.13 Å². The fourth-order valence-corrected chi connectivity index (χ4v) is 4.19. The molecule has 3 rings (SSSR count). The molecule has 4 nitrogen and oxygen atoms in total. The highest BCUT2D eigenvalue weighted by Gasteiger charge is 2.35. The van der Waals surface area contributed by atoms with Gasteiger partial charge in [0.05, 0.1) is 5.60 Å². The van der Waals surface area contributed by atoms with Crippen LogP contribution >= 0.6 is 11.3 Å². The van der Waals surface area contributed by atoms with Gasteiger partial charge in [0.25, 0.3) is 0 Å². The lowest BCUT2D eigenvalue weighted by atomic mass is 9.75. The molecule has 2 aromatic rings. The van der Waals surface area contributed by atoms with E-state index in [1.165, 1.54) is 22.5 Å². The fourth-order valence-electron chi connectivity index (χ4n) is 3.65. The Bertz CT molecular complexity index is 695. The van der Waals surface area contributed by atoms with Gasteiger partial charge in [-0.25, -0.2) is 4.98 Å². The van der Waals surface area contributed by atoms with Crippen LogP contribution in [-0.4, -0.2) is 23.1 Å². The number of hydrogen-bond acceptors (Lipinski definition) is 4. The zero-order chi connectivity index (χ0) is 17.9. The second-order valence-corrected chi connectivity index (χ2v) is 8.36. The van der Waals surface area contributed by atoms with Gasteiger partial charge in [-0.3, -0.25) is 4.79 Å². The van der Waals surface area contributed by atoms with Gasteiger partial charge in [0.1, 0.15) is 0 Å². The molecular formula is C20H26N2O2S. The monoisotopic (exact) mass is 358 g/mol. The number of benzene rings is 1. The summed E-state index contributed by atoms with van der Waals surface area (Å²) in [6.45, 7) is 7.13. The van der Waals surface area contributed by atoms with E-state index in [9.17, 15) is 4.79 Å². The number of anilines is 1. The molecule has 0 unspecified atom stereocenters. The van der Waals surface area contributed by atoms with Gasteiger partial charge in [-0.05, 0) is 51.0 Å². The smallest absolute Gasteiger partial charge is 0.226 e. The van der Waals surface area contributed by atoms with E-state index in [1.54, 1.807) is 6.20 Å². The first kappa shape index (κ1) is 18.1. The Morgan fingerprint density at radius 1 is 1.40 bits per heavy atom. The van der Waals surface area contributed by atoms with E-state index in [4.69, 9.17) is 4.74 Å². The molecule has 1 aliphatic rings. The molecule has 1 amide bonds. The van der Waals surface area contributed by atoms with Gasteiger partial charge >= 0.3 is 0 Å². The minimum absolute atomic E-state index is 0.0322. The number of aryl methyl sites for hydroxylation is 1. The number of hydrogen-bond donors (Lipinski definition) is 1. The summed E-state index contributed by atoms with van der Waals surface area (Å²) in [5, 5.41) is 5.47. The van der Waals surface area contributed by atoms with E-state index in [0.717, 1.165) is 19.4 Å². The van der Waals surface area contributed by atoms with Crippen molar-refractivity contribution in [1.82, 2.24) is 4.98 Å². The molecule has 25 heavy (non-hydrogen) atoms. The van der Waals surface area contributed by atoms with Crippen molar-refractivity contribution in [3.8, 4) is 0 Å². The van der Waals surface area contributed by atoms with E-state index in [0.29, 0.717) is 17.5 Å². The average Bonchev–Trinajstić information content (AvgIpc) is 3.05. The Morgan fingerprint density at radius 3 is 2.80 bits per heavy atom. The SMILES string of the molecule is Cc1ccc([C@@H](CC(=O)Nc2nccs2)[C@@H]2CCOC(C)(C)C2)cc1. The summed E-state index contributed by atoms with van der Waals surface area (Å²) in [4.78, 5) is 16.7. The standard InChI is InChI=1S/C20H26N2O2S/c1-14-4-6-15(7-5-14)17(16-8-10-24-20(2,3)13-16)12-18(23)22-19-21-9-11-25-19/h4-7,9,11,16-17H,8,10,12-13H2,1-3H3,(H,21,22,23)/t16-,17-/m1/s1. The van der Waals surface area contributed by atoms with E-state index in [-0.39, 0.29) is 17.4 Å². The largest absolute Gasteiger partial charge is 0.376 e. The van der Waals surface area contributed by atoms with Crippen molar-refractivity contribution in [2.24, 2.45) is 5.92 Å². The van der Waals surface area contributed by atoms with Crippen LogP contribution in [0.2, 0.25) is 0 Å². The molecule has 1 fully saturated rings. The summed E-state index contributed by atoms with van der Waals surface area (Å²) in [6.07, 6.45) is 4.14. The van der Waals surface area contributed by atoms with Gasteiger partial charge in [-0.2, -0.15) is 0 Å². The molecule has 0 saturated carbocycles. The van der Waals surface area contributed by atoms with Gasteiger partial charge in [-0.15, -0.1) is 11.3 Å². The van der Waals surface area contributed by atoms with Crippen LogP contribution in [0.25, 0.3) is 0 Å². The lowest BCUT2D eigenvalue weighted by Gasteiger charge is -2.39. The van der Waals surface area contributed by atoms with Gasteiger partial charge in [0, 0.05) is 24.6 Å².